The number of aromatic nitrogens is 2. The number of nitrogens with one attached hydrogen (secondary N) is 1. The van der Waals surface area contributed by atoms with Crippen molar-refractivity contribution in [2.24, 2.45) is 0 Å². The fourth-order valence-corrected chi connectivity index (χ4v) is 2.49. The predicted octanol–water partition coefficient (Wildman–Crippen LogP) is 3.41. The van der Waals surface area contributed by atoms with Crippen molar-refractivity contribution >= 4 is 22.4 Å². The number of hydrogen-bond acceptors (Lipinski definition) is 7. The SMILES string of the molecule is [2H]C([2H])([2H])OC([2H])([2H])COc1cc2ncnc(Nc3cccc(C#C)c3)c2cc1OCC([2H])([2H])OC([2H])([2H])[2H]. The summed E-state index contributed by atoms with van der Waals surface area (Å²) in [6, 6.07) is 9.63. The number of anilines is 2. The molecule has 1 aromatic heterocycles. The normalized spacial score (nSPS) is 17.5. The Morgan fingerprint density at radius 2 is 1.83 bits per heavy atom. The third-order valence-corrected chi connectivity index (χ3v) is 3.71. The van der Waals surface area contributed by atoms with Gasteiger partial charge in [0.2, 0.25) is 0 Å². The van der Waals surface area contributed by atoms with Crippen LogP contribution >= 0.6 is 0 Å². The van der Waals surface area contributed by atoms with E-state index in [2.05, 4.69) is 30.7 Å². The van der Waals surface area contributed by atoms with E-state index in [-0.39, 0.29) is 11.5 Å². The molecule has 1 N–H and O–H groups in total. The zero-order chi connectivity index (χ0) is 29.1. The summed E-state index contributed by atoms with van der Waals surface area (Å²) in [5, 5.41) is 3.46. The number of ether oxygens (including phenoxy) is 4. The van der Waals surface area contributed by atoms with Gasteiger partial charge in [0.05, 0.1) is 32.3 Å². The first-order valence-electron chi connectivity index (χ1n) is 13.2. The summed E-state index contributed by atoms with van der Waals surface area (Å²) in [5.74, 6) is 2.49. The Labute approximate surface area is 184 Å². The highest BCUT2D eigenvalue weighted by Gasteiger charge is 2.13. The number of nitrogens with zero attached hydrogens (tertiary/aromatic N) is 2. The van der Waals surface area contributed by atoms with Crippen molar-refractivity contribution in [2.75, 3.05) is 45.7 Å². The van der Waals surface area contributed by atoms with Crippen LogP contribution in [-0.4, -0.2) is 50.4 Å². The van der Waals surface area contributed by atoms with Gasteiger partial charge in [0.15, 0.2) is 11.5 Å². The second kappa shape index (κ2) is 10.3. The highest BCUT2D eigenvalue weighted by Crippen LogP contribution is 2.35. The monoisotopic (exact) mass is 403 g/mol. The molecule has 0 amide bonds. The molecule has 3 rings (SSSR count). The van der Waals surface area contributed by atoms with Gasteiger partial charge in [-0.2, -0.15) is 0 Å². The molecule has 0 bridgehead atoms. The Balaban J connectivity index is 1.99. The Morgan fingerprint density at radius 1 is 1.07 bits per heavy atom. The minimum atomic E-state index is -3.05. The van der Waals surface area contributed by atoms with Gasteiger partial charge in [-0.25, -0.2) is 9.97 Å². The maximum Gasteiger partial charge on any atom is 0.163 e. The van der Waals surface area contributed by atoms with Crippen LogP contribution in [0.2, 0.25) is 0 Å². The lowest BCUT2D eigenvalue weighted by Gasteiger charge is -2.15. The van der Waals surface area contributed by atoms with Gasteiger partial charge in [0.25, 0.3) is 0 Å². The number of methoxy groups -OCH3 is 2. The van der Waals surface area contributed by atoms with Gasteiger partial charge in [-0.1, -0.05) is 12.0 Å². The van der Waals surface area contributed by atoms with Gasteiger partial charge >= 0.3 is 0 Å². The third-order valence-electron chi connectivity index (χ3n) is 3.71. The number of rotatable bonds is 10. The highest BCUT2D eigenvalue weighted by atomic mass is 16.5. The van der Waals surface area contributed by atoms with Gasteiger partial charge in [-0.05, 0) is 24.3 Å². The van der Waals surface area contributed by atoms with Crippen LogP contribution in [0.3, 0.4) is 0 Å². The molecule has 7 heteroatoms. The second-order valence-electron chi connectivity index (χ2n) is 5.46. The Hall–Kier alpha value is -3.34. The predicted molar refractivity (Wildman–Crippen MR) is 112 cm³/mol. The summed E-state index contributed by atoms with van der Waals surface area (Å²) in [4.78, 5) is 8.40. The van der Waals surface area contributed by atoms with Crippen molar-refractivity contribution in [3.63, 3.8) is 0 Å². The van der Waals surface area contributed by atoms with Crippen molar-refractivity contribution in [1.82, 2.24) is 9.97 Å². The van der Waals surface area contributed by atoms with Gasteiger partial charge in [0.1, 0.15) is 25.4 Å². The number of hydrogen-bond donors (Lipinski definition) is 1. The van der Waals surface area contributed by atoms with E-state index in [1.54, 1.807) is 24.3 Å². The van der Waals surface area contributed by atoms with Crippen LogP contribution < -0.4 is 14.8 Å². The van der Waals surface area contributed by atoms with E-state index in [0.717, 1.165) is 0 Å². The van der Waals surface area contributed by atoms with Crippen molar-refractivity contribution < 1.29 is 32.7 Å². The van der Waals surface area contributed by atoms with Gasteiger partial charge < -0.3 is 24.3 Å². The second-order valence-corrected chi connectivity index (χ2v) is 5.46. The maximum atomic E-state index is 7.82. The highest BCUT2D eigenvalue weighted by molar-refractivity contribution is 5.93. The molecule has 0 fully saturated rings. The fraction of sp³-hybridized carbons (Fsp3) is 0.273. The average Bonchev–Trinajstić information content (AvgIpc) is 2.78. The molecular formula is C22H23N3O4. The molecule has 0 radical (unpaired) electrons. The standard InChI is InChI=1S/C22H23N3O4/c1-4-16-6-5-7-17(12-16)25-22-18-13-20(28-10-8-26-2)21(29-11-9-27-3)14-19(18)23-15-24-22/h1,5-7,12-15H,8-11H2,2-3H3,(H,23,24,25)/i2D3,3D3,8D2,9D2. The third kappa shape index (κ3) is 5.35. The van der Waals surface area contributed by atoms with Crippen LogP contribution in [0.4, 0.5) is 11.5 Å². The summed E-state index contributed by atoms with van der Waals surface area (Å²) in [6.07, 6.45) is 6.71. The number of terminal acetylenes is 1. The van der Waals surface area contributed by atoms with Crippen LogP contribution in [0.15, 0.2) is 42.7 Å². The van der Waals surface area contributed by atoms with Crippen LogP contribution in [0.5, 0.6) is 11.5 Å². The van der Waals surface area contributed by atoms with E-state index in [9.17, 15) is 0 Å². The molecule has 0 aliphatic rings. The average molecular weight is 404 g/mol. The molecule has 0 aliphatic heterocycles. The van der Waals surface area contributed by atoms with Gasteiger partial charge in [-0.15, -0.1) is 6.42 Å². The molecule has 150 valence electrons. The lowest BCUT2D eigenvalue weighted by molar-refractivity contribution is 0.132. The summed E-state index contributed by atoms with van der Waals surface area (Å²) in [7, 11) is -6.08. The van der Waals surface area contributed by atoms with Crippen molar-refractivity contribution in [3.8, 4) is 23.8 Å². The van der Waals surface area contributed by atoms with E-state index in [0.29, 0.717) is 28.0 Å². The summed E-state index contributed by atoms with van der Waals surface area (Å²) >= 11 is 0. The van der Waals surface area contributed by atoms with Crippen LogP contribution in [0.1, 0.15) is 19.3 Å². The smallest absolute Gasteiger partial charge is 0.163 e. The molecule has 0 saturated heterocycles. The van der Waals surface area contributed by atoms with E-state index >= 15 is 0 Å². The van der Waals surface area contributed by atoms with Crippen LogP contribution in [-0.2, 0) is 9.47 Å². The topological polar surface area (TPSA) is 74.7 Å². The zero-order valence-electron chi connectivity index (χ0n) is 25.1. The molecule has 1 heterocycles. The largest absolute Gasteiger partial charge is 0.487 e. The number of benzene rings is 2. The molecule has 0 saturated carbocycles. The first kappa shape index (κ1) is 11.0. The van der Waals surface area contributed by atoms with Crippen LogP contribution in [0.25, 0.3) is 10.9 Å². The Morgan fingerprint density at radius 3 is 2.55 bits per heavy atom. The molecule has 0 aliphatic carbocycles. The van der Waals surface area contributed by atoms with Crippen molar-refractivity contribution in [2.45, 2.75) is 0 Å². The van der Waals surface area contributed by atoms with Gasteiger partial charge in [0, 0.05) is 36.8 Å². The molecular weight excluding hydrogens is 370 g/mol. The van der Waals surface area contributed by atoms with Crippen molar-refractivity contribution in [3.05, 3.63) is 48.3 Å². The van der Waals surface area contributed by atoms with E-state index in [1.165, 1.54) is 18.5 Å². The molecule has 29 heavy (non-hydrogen) atoms. The summed E-state index contributed by atoms with van der Waals surface area (Å²) < 4.78 is 93.8. The Bertz CT molecular complexity index is 1360. The minimum absolute atomic E-state index is 0.163. The van der Waals surface area contributed by atoms with E-state index in [4.69, 9.17) is 29.6 Å². The lowest BCUT2D eigenvalue weighted by atomic mass is 10.2. The Kier molecular flexibility index (Phi) is 3.90. The van der Waals surface area contributed by atoms with Crippen LogP contribution in [0, 0.1) is 12.3 Å². The van der Waals surface area contributed by atoms with E-state index in [1.807, 2.05) is 0 Å². The van der Waals surface area contributed by atoms with Crippen molar-refractivity contribution in [1.29, 1.82) is 0 Å². The molecule has 7 nitrogen and oxygen atoms in total. The minimum Gasteiger partial charge on any atom is -0.487 e. The maximum absolute atomic E-state index is 7.82. The van der Waals surface area contributed by atoms with E-state index < -0.39 is 40.4 Å². The molecule has 0 atom stereocenters. The first-order valence-corrected chi connectivity index (χ1v) is 8.24. The first-order chi connectivity index (χ1) is 18.0. The fourth-order valence-electron chi connectivity index (χ4n) is 2.49. The quantitative estimate of drug-likeness (QED) is 0.520. The zero-order valence-corrected chi connectivity index (χ0v) is 15.1. The molecule has 3 aromatic rings. The molecule has 2 aromatic carbocycles. The molecule has 0 unspecified atom stereocenters. The van der Waals surface area contributed by atoms with Gasteiger partial charge in [-0.3, -0.25) is 0 Å². The number of fused-ring (bicyclic) bond motifs is 1. The lowest BCUT2D eigenvalue weighted by Crippen LogP contribution is -2.09. The summed E-state index contributed by atoms with van der Waals surface area (Å²) in [6.45, 7) is -7.27. The molecule has 0 spiro atoms. The summed E-state index contributed by atoms with van der Waals surface area (Å²) in [5.41, 5.74) is 1.51.